The van der Waals surface area contributed by atoms with Crippen molar-refractivity contribution in [3.05, 3.63) is 132 Å². The fourth-order valence-electron chi connectivity index (χ4n) is 5.61. The lowest BCUT2D eigenvalue weighted by molar-refractivity contribution is 0.134. The zero-order valence-corrected chi connectivity index (χ0v) is 22.3. The number of hydrogen-bond acceptors (Lipinski definition) is 1. The van der Waals surface area contributed by atoms with Gasteiger partial charge in [-0.25, -0.2) is 0 Å². The fraction of sp³-hybridized carbons (Fsp3) is 0.135. The second-order valence-corrected chi connectivity index (χ2v) is 10.1. The normalized spacial score (nSPS) is 11.3. The third-order valence-electron chi connectivity index (χ3n) is 7.39. The Hall–Kier alpha value is -4.20. The molecule has 0 spiro atoms. The van der Waals surface area contributed by atoms with Crippen molar-refractivity contribution in [2.24, 2.45) is 0 Å². The molecule has 0 fully saturated rings. The Balaban J connectivity index is 1.82. The first-order valence-corrected chi connectivity index (χ1v) is 13.4. The van der Waals surface area contributed by atoms with Crippen molar-refractivity contribution in [2.75, 3.05) is 6.61 Å². The number of rotatable bonds is 6. The molecule has 0 saturated heterocycles. The Labute approximate surface area is 225 Å². The maximum absolute atomic E-state index is 5.96. The van der Waals surface area contributed by atoms with Gasteiger partial charge >= 0.3 is 0 Å². The third kappa shape index (κ3) is 4.51. The van der Waals surface area contributed by atoms with Crippen LogP contribution in [0.3, 0.4) is 0 Å². The van der Waals surface area contributed by atoms with E-state index < -0.39 is 0 Å². The van der Waals surface area contributed by atoms with Crippen molar-refractivity contribution >= 4 is 21.5 Å². The highest BCUT2D eigenvalue weighted by Gasteiger charge is 2.21. The summed E-state index contributed by atoms with van der Waals surface area (Å²) in [6, 6.07) is 42.3. The standard InChI is InChI=1S/C37H32O/c1-4-38-24-31-15-7-8-18-33(31)37-35-22-28-14-6-5-13-27(28)21-32(35)23-34(29-16-9-11-25(2)19-29)36(37)30-17-10-12-26(3)20-30/h5-23H,4,24H2,1-3H3. The average molecular weight is 493 g/mol. The number of hydrogen-bond donors (Lipinski definition) is 0. The van der Waals surface area contributed by atoms with E-state index in [4.69, 9.17) is 4.74 Å². The molecule has 38 heavy (non-hydrogen) atoms. The summed E-state index contributed by atoms with van der Waals surface area (Å²) < 4.78 is 5.96. The largest absolute Gasteiger partial charge is 0.377 e. The van der Waals surface area contributed by atoms with E-state index in [0.717, 1.165) is 0 Å². The molecule has 6 rings (SSSR count). The van der Waals surface area contributed by atoms with Crippen LogP contribution >= 0.6 is 0 Å². The second kappa shape index (κ2) is 10.3. The molecule has 0 aliphatic heterocycles. The van der Waals surface area contributed by atoms with Crippen LogP contribution in [0.5, 0.6) is 0 Å². The van der Waals surface area contributed by atoms with E-state index in [-0.39, 0.29) is 0 Å². The maximum atomic E-state index is 5.96. The molecule has 0 N–H and O–H groups in total. The predicted molar refractivity (Wildman–Crippen MR) is 163 cm³/mol. The zero-order chi connectivity index (χ0) is 26.1. The summed E-state index contributed by atoms with van der Waals surface area (Å²) >= 11 is 0. The van der Waals surface area contributed by atoms with Gasteiger partial charge in [-0.05, 0) is 99.5 Å². The molecule has 0 atom stereocenters. The van der Waals surface area contributed by atoms with Crippen LogP contribution in [0.1, 0.15) is 23.6 Å². The van der Waals surface area contributed by atoms with Crippen LogP contribution < -0.4 is 0 Å². The Morgan fingerprint density at radius 2 is 1.18 bits per heavy atom. The summed E-state index contributed by atoms with van der Waals surface area (Å²) in [6.45, 7) is 7.67. The number of benzene rings is 6. The van der Waals surface area contributed by atoms with Crippen molar-refractivity contribution in [1.29, 1.82) is 0 Å². The molecule has 6 aromatic carbocycles. The van der Waals surface area contributed by atoms with Gasteiger partial charge in [-0.2, -0.15) is 0 Å². The minimum atomic E-state index is 0.587. The topological polar surface area (TPSA) is 9.23 Å². The van der Waals surface area contributed by atoms with Gasteiger partial charge in [0.25, 0.3) is 0 Å². The molecule has 0 bridgehead atoms. The van der Waals surface area contributed by atoms with E-state index in [1.54, 1.807) is 0 Å². The highest BCUT2D eigenvalue weighted by Crippen LogP contribution is 2.47. The molecule has 0 unspecified atom stereocenters. The van der Waals surface area contributed by atoms with Crippen LogP contribution in [0.4, 0.5) is 0 Å². The monoisotopic (exact) mass is 492 g/mol. The first-order chi connectivity index (χ1) is 18.6. The second-order valence-electron chi connectivity index (χ2n) is 10.1. The van der Waals surface area contributed by atoms with E-state index >= 15 is 0 Å². The van der Waals surface area contributed by atoms with Gasteiger partial charge in [0.1, 0.15) is 0 Å². The molecule has 6 aromatic rings. The van der Waals surface area contributed by atoms with Gasteiger partial charge in [-0.15, -0.1) is 0 Å². The van der Waals surface area contributed by atoms with E-state index in [1.807, 2.05) is 0 Å². The van der Waals surface area contributed by atoms with Crippen LogP contribution in [0.25, 0.3) is 54.9 Å². The van der Waals surface area contributed by atoms with E-state index in [9.17, 15) is 0 Å². The van der Waals surface area contributed by atoms with Crippen LogP contribution in [0.2, 0.25) is 0 Å². The van der Waals surface area contributed by atoms with E-state index in [2.05, 4.69) is 136 Å². The third-order valence-corrected chi connectivity index (χ3v) is 7.39. The molecule has 186 valence electrons. The summed E-state index contributed by atoms with van der Waals surface area (Å²) in [4.78, 5) is 0. The van der Waals surface area contributed by atoms with Crippen molar-refractivity contribution in [3.63, 3.8) is 0 Å². The van der Waals surface area contributed by atoms with Crippen molar-refractivity contribution in [3.8, 4) is 33.4 Å². The van der Waals surface area contributed by atoms with Crippen molar-refractivity contribution in [2.45, 2.75) is 27.4 Å². The molecule has 1 heteroatoms. The van der Waals surface area contributed by atoms with Gasteiger partial charge in [0, 0.05) is 6.61 Å². The smallest absolute Gasteiger partial charge is 0.0722 e. The van der Waals surface area contributed by atoms with Crippen LogP contribution in [-0.2, 0) is 11.3 Å². The van der Waals surface area contributed by atoms with Crippen LogP contribution in [0.15, 0.2) is 115 Å². The molecule has 0 aliphatic carbocycles. The number of fused-ring (bicyclic) bond motifs is 2. The predicted octanol–water partition coefficient (Wildman–Crippen LogP) is 10.1. The molecule has 0 saturated carbocycles. The summed E-state index contributed by atoms with van der Waals surface area (Å²) in [6.07, 6.45) is 0. The minimum Gasteiger partial charge on any atom is -0.377 e. The van der Waals surface area contributed by atoms with Gasteiger partial charge in [-0.1, -0.05) is 108 Å². The maximum Gasteiger partial charge on any atom is 0.0722 e. The summed E-state index contributed by atoms with van der Waals surface area (Å²) in [5.41, 5.74) is 11.2. The Morgan fingerprint density at radius 1 is 0.526 bits per heavy atom. The summed E-state index contributed by atoms with van der Waals surface area (Å²) in [7, 11) is 0. The van der Waals surface area contributed by atoms with Crippen LogP contribution in [0, 0.1) is 13.8 Å². The average Bonchev–Trinajstić information content (AvgIpc) is 2.94. The van der Waals surface area contributed by atoms with E-state index in [1.165, 1.54) is 71.6 Å². The molecule has 0 aromatic heterocycles. The lowest BCUT2D eigenvalue weighted by Crippen LogP contribution is -1.99. The number of ether oxygens (including phenoxy) is 1. The minimum absolute atomic E-state index is 0.587. The van der Waals surface area contributed by atoms with Gasteiger partial charge in [0.2, 0.25) is 0 Å². The fourth-order valence-corrected chi connectivity index (χ4v) is 5.61. The summed E-state index contributed by atoms with van der Waals surface area (Å²) in [5.74, 6) is 0. The first-order valence-electron chi connectivity index (χ1n) is 13.4. The highest BCUT2D eigenvalue weighted by atomic mass is 16.5. The van der Waals surface area contributed by atoms with Gasteiger partial charge in [-0.3, -0.25) is 0 Å². The Morgan fingerprint density at radius 3 is 1.92 bits per heavy atom. The van der Waals surface area contributed by atoms with Gasteiger partial charge < -0.3 is 4.74 Å². The van der Waals surface area contributed by atoms with Gasteiger partial charge in [0.15, 0.2) is 0 Å². The highest BCUT2D eigenvalue weighted by molar-refractivity contribution is 6.13. The molecule has 0 heterocycles. The molecule has 1 nitrogen and oxygen atoms in total. The lowest BCUT2D eigenvalue weighted by atomic mass is 9.82. The van der Waals surface area contributed by atoms with Crippen molar-refractivity contribution in [1.82, 2.24) is 0 Å². The zero-order valence-electron chi connectivity index (χ0n) is 22.3. The SMILES string of the molecule is CCOCc1ccccc1-c1c(-c2cccc(C)c2)c(-c2cccc(C)c2)cc2cc3ccccc3cc12. The Kier molecular flexibility index (Phi) is 6.54. The lowest BCUT2D eigenvalue weighted by Gasteiger charge is -2.22. The van der Waals surface area contributed by atoms with E-state index in [0.29, 0.717) is 13.2 Å². The molecular weight excluding hydrogens is 460 g/mol. The molecule has 0 amide bonds. The molecule has 0 radical (unpaired) electrons. The van der Waals surface area contributed by atoms with Crippen LogP contribution in [-0.4, -0.2) is 6.61 Å². The number of aryl methyl sites for hydroxylation is 2. The molecule has 0 aliphatic rings. The Bertz CT molecular complexity index is 1780. The van der Waals surface area contributed by atoms with Crippen molar-refractivity contribution < 1.29 is 4.74 Å². The van der Waals surface area contributed by atoms with Gasteiger partial charge in [0.05, 0.1) is 6.61 Å². The first kappa shape index (κ1) is 24.2. The molecular formula is C37H32O. The quantitative estimate of drug-likeness (QED) is 0.210. The summed E-state index contributed by atoms with van der Waals surface area (Å²) in [5, 5.41) is 5.02.